The second kappa shape index (κ2) is 10.0. The third kappa shape index (κ3) is 5.88. The number of nitrogens with two attached hydrogens (primary N) is 1. The van der Waals surface area contributed by atoms with Gasteiger partial charge in [-0.1, -0.05) is 18.2 Å². The zero-order valence-corrected chi connectivity index (χ0v) is 18.8. The molecule has 0 radical (unpaired) electrons. The molecule has 182 valence electrons. The first-order chi connectivity index (χ1) is 16.2. The summed E-state index contributed by atoms with van der Waals surface area (Å²) in [5.41, 5.74) is 6.86. The number of amides is 2. The standard InChI is InChI=1S/C25H29F3N4O2/c26-25(27,28)19-3-1-2-18(12-19)24(34)30-13-23(33)31-21-14-32(15-21)22-10-6-17(7-11-22)16-4-8-20(29)9-5-16/h1-5,8-9,12,17,21-22H,6-7,10-11,13-15,29H2,(H,30,34)(H,31,33). The van der Waals surface area contributed by atoms with Crippen molar-refractivity contribution < 1.29 is 22.8 Å². The van der Waals surface area contributed by atoms with Crippen molar-refractivity contribution in [2.24, 2.45) is 0 Å². The maximum Gasteiger partial charge on any atom is 0.416 e. The lowest BCUT2D eigenvalue weighted by Gasteiger charge is -2.46. The van der Waals surface area contributed by atoms with Gasteiger partial charge in [-0.05, 0) is 67.5 Å². The number of rotatable bonds is 6. The van der Waals surface area contributed by atoms with Crippen LogP contribution in [0.1, 0.15) is 53.1 Å². The van der Waals surface area contributed by atoms with Crippen molar-refractivity contribution in [3.8, 4) is 0 Å². The predicted molar refractivity (Wildman–Crippen MR) is 123 cm³/mol. The first-order valence-electron chi connectivity index (χ1n) is 11.5. The van der Waals surface area contributed by atoms with Gasteiger partial charge in [0.15, 0.2) is 0 Å². The minimum absolute atomic E-state index is 0.0211. The summed E-state index contributed by atoms with van der Waals surface area (Å²) in [6.07, 6.45) is -0.0437. The van der Waals surface area contributed by atoms with E-state index in [0.29, 0.717) is 12.0 Å². The highest BCUT2D eigenvalue weighted by atomic mass is 19.4. The highest BCUT2D eigenvalue weighted by Crippen LogP contribution is 2.36. The van der Waals surface area contributed by atoms with E-state index in [2.05, 4.69) is 27.7 Å². The van der Waals surface area contributed by atoms with Gasteiger partial charge >= 0.3 is 6.18 Å². The Bertz CT molecular complexity index is 1010. The maximum atomic E-state index is 12.8. The summed E-state index contributed by atoms with van der Waals surface area (Å²) in [5.74, 6) is -0.500. The monoisotopic (exact) mass is 474 g/mol. The molecule has 0 unspecified atom stereocenters. The molecule has 1 saturated carbocycles. The summed E-state index contributed by atoms with van der Waals surface area (Å²) < 4.78 is 38.4. The van der Waals surface area contributed by atoms with Gasteiger partial charge in [-0.3, -0.25) is 14.5 Å². The Hall–Kier alpha value is -3.07. The van der Waals surface area contributed by atoms with Gasteiger partial charge in [0.1, 0.15) is 0 Å². The third-order valence-corrected chi connectivity index (χ3v) is 6.76. The average molecular weight is 475 g/mol. The lowest BCUT2D eigenvalue weighted by Crippen LogP contribution is -2.63. The molecule has 2 aromatic carbocycles. The van der Waals surface area contributed by atoms with E-state index in [0.717, 1.165) is 56.6 Å². The van der Waals surface area contributed by atoms with Crippen molar-refractivity contribution in [3.05, 3.63) is 65.2 Å². The number of likely N-dealkylation sites (tertiary alicyclic amines) is 1. The number of hydrogen-bond acceptors (Lipinski definition) is 4. The van der Waals surface area contributed by atoms with E-state index < -0.39 is 17.6 Å². The highest BCUT2D eigenvalue weighted by molar-refractivity contribution is 5.96. The quantitative estimate of drug-likeness (QED) is 0.559. The van der Waals surface area contributed by atoms with Crippen LogP contribution < -0.4 is 16.4 Å². The Morgan fingerprint density at radius 3 is 2.32 bits per heavy atom. The number of benzene rings is 2. The van der Waals surface area contributed by atoms with Crippen LogP contribution in [-0.2, 0) is 11.0 Å². The van der Waals surface area contributed by atoms with E-state index >= 15 is 0 Å². The van der Waals surface area contributed by atoms with Crippen molar-refractivity contribution in [1.29, 1.82) is 0 Å². The summed E-state index contributed by atoms with van der Waals surface area (Å²) in [5, 5.41) is 5.27. The van der Waals surface area contributed by atoms with Gasteiger partial charge in [0.2, 0.25) is 5.91 Å². The minimum atomic E-state index is -4.53. The smallest absolute Gasteiger partial charge is 0.399 e. The highest BCUT2D eigenvalue weighted by Gasteiger charge is 2.35. The molecule has 0 bridgehead atoms. The zero-order chi connectivity index (χ0) is 24.3. The number of carbonyl (C=O) groups excluding carboxylic acids is 2. The van der Waals surface area contributed by atoms with Crippen LogP contribution in [0.5, 0.6) is 0 Å². The van der Waals surface area contributed by atoms with Crippen molar-refractivity contribution in [2.75, 3.05) is 25.4 Å². The Morgan fingerprint density at radius 2 is 1.68 bits per heavy atom. The van der Waals surface area contributed by atoms with Crippen LogP contribution >= 0.6 is 0 Å². The van der Waals surface area contributed by atoms with E-state index in [9.17, 15) is 22.8 Å². The molecular formula is C25H29F3N4O2. The maximum absolute atomic E-state index is 12.8. The van der Waals surface area contributed by atoms with Crippen LogP contribution in [0.3, 0.4) is 0 Å². The van der Waals surface area contributed by atoms with E-state index in [1.165, 1.54) is 17.7 Å². The molecule has 34 heavy (non-hydrogen) atoms. The molecule has 0 atom stereocenters. The van der Waals surface area contributed by atoms with Crippen LogP contribution in [0.25, 0.3) is 0 Å². The zero-order valence-electron chi connectivity index (χ0n) is 18.8. The molecule has 4 rings (SSSR count). The van der Waals surface area contributed by atoms with Crippen LogP contribution in [0.2, 0.25) is 0 Å². The van der Waals surface area contributed by atoms with Gasteiger partial charge in [0.05, 0.1) is 18.2 Å². The minimum Gasteiger partial charge on any atom is -0.399 e. The molecule has 9 heteroatoms. The van der Waals surface area contributed by atoms with Gasteiger partial charge in [0, 0.05) is 30.4 Å². The predicted octanol–water partition coefficient (Wildman–Crippen LogP) is 3.54. The van der Waals surface area contributed by atoms with E-state index in [1.54, 1.807) is 0 Å². The lowest BCUT2D eigenvalue weighted by atomic mass is 9.80. The first kappa shape index (κ1) is 24.1. The lowest BCUT2D eigenvalue weighted by molar-refractivity contribution is -0.137. The summed E-state index contributed by atoms with van der Waals surface area (Å²) in [7, 11) is 0. The van der Waals surface area contributed by atoms with Crippen molar-refractivity contribution >= 4 is 17.5 Å². The Morgan fingerprint density at radius 1 is 1.00 bits per heavy atom. The molecule has 6 nitrogen and oxygen atoms in total. The molecule has 0 aromatic heterocycles. The summed E-state index contributed by atoms with van der Waals surface area (Å²) >= 11 is 0. The molecule has 1 heterocycles. The van der Waals surface area contributed by atoms with E-state index in [1.807, 2.05) is 12.1 Å². The molecule has 2 aromatic rings. The first-order valence-corrected chi connectivity index (χ1v) is 11.5. The largest absolute Gasteiger partial charge is 0.416 e. The number of carbonyl (C=O) groups is 2. The molecular weight excluding hydrogens is 445 g/mol. The van der Waals surface area contributed by atoms with Crippen molar-refractivity contribution in [2.45, 2.75) is 49.9 Å². The summed E-state index contributed by atoms with van der Waals surface area (Å²) in [6.45, 7) is 1.26. The fraction of sp³-hybridized carbons (Fsp3) is 0.440. The van der Waals surface area contributed by atoms with Crippen molar-refractivity contribution in [1.82, 2.24) is 15.5 Å². The number of nitrogen functional groups attached to an aromatic ring is 1. The van der Waals surface area contributed by atoms with Gasteiger partial charge in [-0.25, -0.2) is 0 Å². The van der Waals surface area contributed by atoms with Crippen molar-refractivity contribution in [3.63, 3.8) is 0 Å². The SMILES string of the molecule is Nc1ccc(C2CCC(N3CC(NC(=O)CNC(=O)c4cccc(C(F)(F)F)c4)C3)CC2)cc1. The summed E-state index contributed by atoms with van der Waals surface area (Å²) in [6, 6.07) is 12.8. The fourth-order valence-electron chi connectivity index (χ4n) is 4.82. The number of halogens is 3. The van der Waals surface area contributed by atoms with Crippen LogP contribution in [-0.4, -0.2) is 48.4 Å². The topological polar surface area (TPSA) is 87.5 Å². The van der Waals surface area contributed by atoms with Gasteiger partial charge < -0.3 is 16.4 Å². The Labute approximate surface area is 196 Å². The van der Waals surface area contributed by atoms with Crippen LogP contribution in [0.4, 0.5) is 18.9 Å². The number of nitrogens with zero attached hydrogens (tertiary/aromatic N) is 1. The Balaban J connectivity index is 1.15. The normalized spacial score (nSPS) is 21.5. The van der Waals surface area contributed by atoms with Crippen LogP contribution in [0, 0.1) is 0 Å². The number of alkyl halides is 3. The number of hydrogen-bond donors (Lipinski definition) is 3. The fourth-order valence-corrected chi connectivity index (χ4v) is 4.82. The van der Waals surface area contributed by atoms with E-state index in [-0.39, 0.29) is 24.1 Å². The number of nitrogens with one attached hydrogen (secondary N) is 2. The van der Waals surface area contributed by atoms with Crippen LogP contribution in [0.15, 0.2) is 48.5 Å². The van der Waals surface area contributed by atoms with Gasteiger partial charge in [-0.15, -0.1) is 0 Å². The molecule has 2 aliphatic rings. The second-order valence-electron chi connectivity index (χ2n) is 9.15. The van der Waals surface area contributed by atoms with Gasteiger partial charge in [-0.2, -0.15) is 13.2 Å². The third-order valence-electron chi connectivity index (χ3n) is 6.76. The molecule has 1 aliphatic heterocycles. The Kier molecular flexibility index (Phi) is 7.11. The molecule has 2 fully saturated rings. The average Bonchev–Trinajstić information content (AvgIpc) is 2.80. The molecule has 4 N–H and O–H groups in total. The summed E-state index contributed by atoms with van der Waals surface area (Å²) in [4.78, 5) is 26.7. The molecule has 1 saturated heterocycles. The second-order valence-corrected chi connectivity index (χ2v) is 9.15. The molecule has 0 spiro atoms. The van der Waals surface area contributed by atoms with E-state index in [4.69, 9.17) is 5.73 Å². The molecule has 1 aliphatic carbocycles. The number of anilines is 1. The van der Waals surface area contributed by atoms with Gasteiger partial charge in [0.25, 0.3) is 5.91 Å². The molecule has 2 amide bonds.